The first-order valence-electron chi connectivity index (χ1n) is 12.6. The van der Waals surface area contributed by atoms with Crippen LogP contribution in [0.25, 0.3) is 0 Å². The summed E-state index contributed by atoms with van der Waals surface area (Å²) in [6, 6.07) is 15.2. The molecule has 40 heavy (non-hydrogen) atoms. The minimum absolute atomic E-state index is 0.0942. The molecule has 0 fully saturated rings. The molecule has 0 saturated heterocycles. The van der Waals surface area contributed by atoms with Crippen LogP contribution < -0.4 is 20.9 Å². The summed E-state index contributed by atoms with van der Waals surface area (Å²) in [5.74, 6) is 0.818. The number of hydrogen-bond donors (Lipinski definition) is 2. The van der Waals surface area contributed by atoms with Gasteiger partial charge in [-0.15, -0.1) is 0 Å². The Bertz CT molecular complexity index is 1620. The van der Waals surface area contributed by atoms with Gasteiger partial charge in [0.1, 0.15) is 11.9 Å². The first-order valence-corrected chi connectivity index (χ1v) is 12.6. The van der Waals surface area contributed by atoms with Gasteiger partial charge in [0.2, 0.25) is 5.95 Å². The highest BCUT2D eigenvalue weighted by Crippen LogP contribution is 2.36. The van der Waals surface area contributed by atoms with E-state index in [1.54, 1.807) is 35.8 Å². The number of anilines is 2. The monoisotopic (exact) mass is 535 g/mol. The van der Waals surface area contributed by atoms with Crippen molar-refractivity contribution < 1.29 is 14.3 Å². The first kappa shape index (κ1) is 26.4. The van der Waals surface area contributed by atoms with Crippen molar-refractivity contribution in [2.75, 3.05) is 25.7 Å². The maximum atomic E-state index is 13.6. The van der Waals surface area contributed by atoms with Gasteiger partial charge in [-0.25, -0.2) is 4.98 Å². The summed E-state index contributed by atoms with van der Waals surface area (Å²) in [5, 5.41) is 6.35. The van der Waals surface area contributed by atoms with E-state index in [0.29, 0.717) is 29.0 Å². The van der Waals surface area contributed by atoms with E-state index in [4.69, 9.17) is 20.9 Å². The van der Waals surface area contributed by atoms with E-state index < -0.39 is 0 Å². The van der Waals surface area contributed by atoms with Crippen LogP contribution >= 0.6 is 0 Å². The number of rotatable bonds is 8. The molecule has 2 aromatic heterocycles. The number of fused-ring (bicyclic) bond motifs is 1. The lowest BCUT2D eigenvalue weighted by molar-refractivity contribution is 0.104. The minimum Gasteiger partial charge on any atom is -0.493 e. The number of pyridine rings is 1. The predicted molar refractivity (Wildman–Crippen MR) is 153 cm³/mol. The Kier molecular flexibility index (Phi) is 7.41. The lowest BCUT2D eigenvalue weighted by atomic mass is 9.96. The molecule has 0 spiro atoms. The van der Waals surface area contributed by atoms with Gasteiger partial charge in [0, 0.05) is 42.2 Å². The summed E-state index contributed by atoms with van der Waals surface area (Å²) in [4.78, 5) is 26.3. The molecule has 1 unspecified atom stereocenters. The van der Waals surface area contributed by atoms with E-state index in [1.165, 1.54) is 20.3 Å². The molecule has 202 valence electrons. The zero-order valence-electron chi connectivity index (χ0n) is 22.4. The van der Waals surface area contributed by atoms with Gasteiger partial charge in [-0.2, -0.15) is 10.1 Å². The van der Waals surface area contributed by atoms with Gasteiger partial charge in [0.05, 0.1) is 31.7 Å². The number of hydrogen-bond acceptors (Lipinski definition) is 10. The summed E-state index contributed by atoms with van der Waals surface area (Å²) < 4.78 is 11.1. The van der Waals surface area contributed by atoms with Crippen LogP contribution in [0.1, 0.15) is 49.9 Å². The third-order valence-electron chi connectivity index (χ3n) is 6.59. The Morgan fingerprint density at radius 1 is 1.05 bits per heavy atom. The zero-order valence-corrected chi connectivity index (χ0v) is 22.4. The van der Waals surface area contributed by atoms with Gasteiger partial charge < -0.3 is 20.9 Å². The molecular formula is C30H29N7O3. The molecule has 0 saturated carbocycles. The highest BCUT2D eigenvalue weighted by atomic mass is 16.5. The number of methoxy groups -OCH3 is 2. The summed E-state index contributed by atoms with van der Waals surface area (Å²) in [6.45, 7) is 1.99. The topological polar surface area (TPSA) is 142 Å². The van der Waals surface area contributed by atoms with Crippen molar-refractivity contribution in [3.8, 4) is 11.5 Å². The number of nitrogens with two attached hydrogens (primary N) is 2. The zero-order chi connectivity index (χ0) is 28.2. The van der Waals surface area contributed by atoms with Gasteiger partial charge in [0.15, 0.2) is 17.3 Å². The third-order valence-corrected chi connectivity index (χ3v) is 6.59. The van der Waals surface area contributed by atoms with Gasteiger partial charge in [0.25, 0.3) is 0 Å². The second kappa shape index (κ2) is 11.2. The minimum atomic E-state index is -0.304. The summed E-state index contributed by atoms with van der Waals surface area (Å²) >= 11 is 0. The standard InChI is InChI=1S/C30H29N7O3/c1-18-8-9-24(33-15-18)27-22-7-5-4-6-20(22)17-35-37(27)11-10-25(38)23-13-19(14-26(39-2)28(23)40-3)12-21-16-34-30(32)36-29(21)31/h4-11,13-17,27H,12H2,1-3H3,(H4,31,32,34,36)/b11-10+. The molecule has 2 aromatic carbocycles. The van der Waals surface area contributed by atoms with Crippen LogP contribution in [0.4, 0.5) is 11.8 Å². The molecule has 0 bridgehead atoms. The van der Waals surface area contributed by atoms with E-state index >= 15 is 0 Å². The molecular weight excluding hydrogens is 506 g/mol. The number of nitrogen functional groups attached to an aromatic ring is 2. The average molecular weight is 536 g/mol. The number of carbonyl (C=O) groups is 1. The number of hydrazone groups is 1. The maximum absolute atomic E-state index is 13.6. The van der Waals surface area contributed by atoms with Crippen molar-refractivity contribution in [3.05, 3.63) is 112 Å². The van der Waals surface area contributed by atoms with Gasteiger partial charge >= 0.3 is 0 Å². The number of aromatic nitrogens is 3. The van der Waals surface area contributed by atoms with Gasteiger partial charge in [-0.05, 0) is 41.8 Å². The normalized spacial score (nSPS) is 14.3. The van der Waals surface area contributed by atoms with Crippen molar-refractivity contribution in [3.63, 3.8) is 0 Å². The van der Waals surface area contributed by atoms with Crippen LogP contribution in [0.15, 0.2) is 78.3 Å². The number of benzene rings is 2. The first-order chi connectivity index (χ1) is 19.4. The molecule has 4 N–H and O–H groups in total. The maximum Gasteiger partial charge on any atom is 0.221 e. The van der Waals surface area contributed by atoms with Crippen LogP contribution in [0.3, 0.4) is 0 Å². The highest BCUT2D eigenvalue weighted by molar-refractivity contribution is 6.07. The van der Waals surface area contributed by atoms with Crippen molar-refractivity contribution in [2.24, 2.45) is 5.10 Å². The van der Waals surface area contributed by atoms with E-state index in [0.717, 1.165) is 27.9 Å². The van der Waals surface area contributed by atoms with Crippen LogP contribution in [-0.4, -0.2) is 46.2 Å². The molecule has 3 heterocycles. The van der Waals surface area contributed by atoms with Crippen molar-refractivity contribution >= 4 is 23.8 Å². The van der Waals surface area contributed by atoms with Crippen molar-refractivity contribution in [1.82, 2.24) is 20.0 Å². The number of nitrogens with zero attached hydrogens (tertiary/aromatic N) is 5. The average Bonchev–Trinajstić information content (AvgIpc) is 2.97. The molecule has 5 rings (SSSR count). The Balaban J connectivity index is 1.49. The molecule has 1 aliphatic rings. The van der Waals surface area contributed by atoms with Gasteiger partial charge in [-0.1, -0.05) is 30.3 Å². The number of ether oxygens (including phenoxy) is 2. The number of carbonyl (C=O) groups excluding carboxylic acids is 1. The lowest BCUT2D eigenvalue weighted by Gasteiger charge is -2.30. The largest absolute Gasteiger partial charge is 0.493 e. The third kappa shape index (κ3) is 5.32. The molecule has 0 amide bonds. The van der Waals surface area contributed by atoms with E-state index in [2.05, 4.69) is 20.1 Å². The molecule has 4 aromatic rings. The Labute approximate surface area is 232 Å². The Morgan fingerprint density at radius 3 is 2.60 bits per heavy atom. The Hall–Kier alpha value is -5.25. The second-order valence-electron chi connectivity index (χ2n) is 9.29. The predicted octanol–water partition coefficient (Wildman–Crippen LogP) is 4.09. The van der Waals surface area contributed by atoms with Crippen LogP contribution in [0.5, 0.6) is 11.5 Å². The fourth-order valence-corrected chi connectivity index (χ4v) is 4.61. The van der Waals surface area contributed by atoms with Gasteiger partial charge in [-0.3, -0.25) is 14.8 Å². The summed E-state index contributed by atoms with van der Waals surface area (Å²) in [5.41, 5.74) is 17.3. The van der Waals surface area contributed by atoms with Crippen molar-refractivity contribution in [1.29, 1.82) is 0 Å². The molecule has 10 nitrogen and oxygen atoms in total. The van der Waals surface area contributed by atoms with E-state index in [-0.39, 0.29) is 23.6 Å². The summed E-state index contributed by atoms with van der Waals surface area (Å²) in [6.07, 6.45) is 8.66. The highest BCUT2D eigenvalue weighted by Gasteiger charge is 2.27. The van der Waals surface area contributed by atoms with E-state index in [9.17, 15) is 4.79 Å². The number of ketones is 1. The van der Waals surface area contributed by atoms with Crippen LogP contribution in [-0.2, 0) is 6.42 Å². The number of aryl methyl sites for hydroxylation is 1. The Morgan fingerprint density at radius 2 is 1.88 bits per heavy atom. The molecule has 10 heteroatoms. The quantitative estimate of drug-likeness (QED) is 0.252. The molecule has 1 aliphatic heterocycles. The fraction of sp³-hybridized carbons (Fsp3) is 0.167. The fourth-order valence-electron chi connectivity index (χ4n) is 4.61. The second-order valence-corrected chi connectivity index (χ2v) is 9.29. The molecule has 0 radical (unpaired) electrons. The molecule has 1 atom stereocenters. The van der Waals surface area contributed by atoms with Crippen molar-refractivity contribution in [2.45, 2.75) is 19.4 Å². The SMILES string of the molecule is COc1cc(Cc2cnc(N)nc2N)cc(C(=O)/C=C/N2N=Cc3ccccc3C2c2ccc(C)cn2)c1OC. The van der Waals surface area contributed by atoms with Crippen LogP contribution in [0.2, 0.25) is 0 Å². The van der Waals surface area contributed by atoms with Crippen LogP contribution in [0, 0.1) is 6.92 Å². The van der Waals surface area contributed by atoms with E-state index in [1.807, 2.05) is 49.5 Å². The smallest absolute Gasteiger partial charge is 0.221 e. The summed E-state index contributed by atoms with van der Waals surface area (Å²) in [7, 11) is 3.01. The number of allylic oxidation sites excluding steroid dienone is 1. The lowest BCUT2D eigenvalue weighted by Crippen LogP contribution is -2.25. The molecule has 0 aliphatic carbocycles.